The number of benzene rings is 2. The molecule has 0 radical (unpaired) electrons. The standard InChI is InChI=1S/C20H23NO4/c1-13-6-2-5-9-17(13)21-18(22)12-25-20(24)16-11-10-14-7-3-4-8-15(14)19(16)23/h3-4,7-8,10-11,13,17,23H,2,5-6,9,12H2,1H3,(H,21,22). The largest absolute Gasteiger partial charge is 0.506 e. The lowest BCUT2D eigenvalue weighted by atomic mass is 9.86. The highest BCUT2D eigenvalue weighted by Gasteiger charge is 2.23. The van der Waals surface area contributed by atoms with Gasteiger partial charge in [-0.05, 0) is 30.2 Å². The van der Waals surface area contributed by atoms with Crippen molar-refractivity contribution >= 4 is 22.6 Å². The van der Waals surface area contributed by atoms with Crippen LogP contribution in [0.2, 0.25) is 0 Å². The Morgan fingerprint density at radius 2 is 1.92 bits per heavy atom. The minimum atomic E-state index is -0.699. The molecule has 2 aromatic carbocycles. The highest BCUT2D eigenvalue weighted by molar-refractivity contribution is 6.01. The predicted octanol–water partition coefficient (Wildman–Crippen LogP) is 3.40. The van der Waals surface area contributed by atoms with E-state index in [1.54, 1.807) is 18.2 Å². The van der Waals surface area contributed by atoms with Crippen molar-refractivity contribution in [1.29, 1.82) is 0 Å². The number of hydrogen-bond acceptors (Lipinski definition) is 4. The maximum Gasteiger partial charge on any atom is 0.342 e. The van der Waals surface area contributed by atoms with E-state index in [1.165, 1.54) is 12.5 Å². The van der Waals surface area contributed by atoms with E-state index in [0.29, 0.717) is 11.3 Å². The number of phenols is 1. The Morgan fingerprint density at radius 1 is 1.16 bits per heavy atom. The molecule has 0 aliphatic heterocycles. The summed E-state index contributed by atoms with van der Waals surface area (Å²) in [6.07, 6.45) is 4.38. The molecule has 5 heteroatoms. The molecule has 0 bridgehead atoms. The molecule has 1 saturated carbocycles. The van der Waals surface area contributed by atoms with Crippen LogP contribution in [-0.4, -0.2) is 29.6 Å². The maximum absolute atomic E-state index is 12.2. The first kappa shape index (κ1) is 17.3. The van der Waals surface area contributed by atoms with E-state index in [-0.39, 0.29) is 29.9 Å². The lowest BCUT2D eigenvalue weighted by Crippen LogP contribution is -2.42. The molecule has 1 aliphatic rings. The first-order valence-electron chi connectivity index (χ1n) is 8.73. The molecule has 25 heavy (non-hydrogen) atoms. The molecule has 0 aromatic heterocycles. The second-order valence-electron chi connectivity index (χ2n) is 6.69. The average Bonchev–Trinajstić information content (AvgIpc) is 2.62. The monoisotopic (exact) mass is 341 g/mol. The van der Waals surface area contributed by atoms with Crippen LogP contribution in [0.3, 0.4) is 0 Å². The van der Waals surface area contributed by atoms with Crippen LogP contribution >= 0.6 is 0 Å². The topological polar surface area (TPSA) is 75.6 Å². The molecule has 2 N–H and O–H groups in total. The van der Waals surface area contributed by atoms with Gasteiger partial charge in [-0.1, -0.05) is 50.1 Å². The van der Waals surface area contributed by atoms with Gasteiger partial charge in [0.25, 0.3) is 5.91 Å². The zero-order valence-electron chi connectivity index (χ0n) is 14.3. The van der Waals surface area contributed by atoms with Gasteiger partial charge in [-0.2, -0.15) is 0 Å². The van der Waals surface area contributed by atoms with Crippen LogP contribution < -0.4 is 5.32 Å². The SMILES string of the molecule is CC1CCCCC1NC(=O)COC(=O)c1ccc2ccccc2c1O. The van der Waals surface area contributed by atoms with Crippen molar-refractivity contribution in [2.24, 2.45) is 5.92 Å². The van der Waals surface area contributed by atoms with E-state index in [9.17, 15) is 14.7 Å². The molecule has 2 aromatic rings. The maximum atomic E-state index is 12.2. The highest BCUT2D eigenvalue weighted by Crippen LogP contribution is 2.29. The summed E-state index contributed by atoms with van der Waals surface area (Å²) in [7, 11) is 0. The lowest BCUT2D eigenvalue weighted by Gasteiger charge is -2.29. The van der Waals surface area contributed by atoms with Crippen LogP contribution in [0.15, 0.2) is 36.4 Å². The summed E-state index contributed by atoms with van der Waals surface area (Å²) in [5.74, 6) is -0.676. The summed E-state index contributed by atoms with van der Waals surface area (Å²) in [6, 6.07) is 10.6. The van der Waals surface area contributed by atoms with Gasteiger partial charge in [0.1, 0.15) is 11.3 Å². The number of carbonyl (C=O) groups excluding carboxylic acids is 2. The first-order chi connectivity index (χ1) is 12.1. The van der Waals surface area contributed by atoms with Crippen molar-refractivity contribution in [1.82, 2.24) is 5.32 Å². The van der Waals surface area contributed by atoms with Gasteiger partial charge in [-0.3, -0.25) is 4.79 Å². The normalized spacial score (nSPS) is 20.2. The molecule has 1 aliphatic carbocycles. The van der Waals surface area contributed by atoms with Crippen molar-refractivity contribution in [2.45, 2.75) is 38.6 Å². The van der Waals surface area contributed by atoms with Gasteiger partial charge in [-0.15, -0.1) is 0 Å². The Labute approximate surface area is 147 Å². The van der Waals surface area contributed by atoms with E-state index in [0.717, 1.165) is 24.6 Å². The Balaban J connectivity index is 1.61. The number of aromatic hydroxyl groups is 1. The van der Waals surface area contributed by atoms with E-state index in [1.807, 2.05) is 12.1 Å². The van der Waals surface area contributed by atoms with Crippen molar-refractivity contribution in [3.63, 3.8) is 0 Å². The van der Waals surface area contributed by atoms with Gasteiger partial charge in [-0.25, -0.2) is 4.79 Å². The number of amides is 1. The summed E-state index contributed by atoms with van der Waals surface area (Å²) in [4.78, 5) is 24.2. The molecule has 5 nitrogen and oxygen atoms in total. The van der Waals surface area contributed by atoms with Gasteiger partial charge in [0.15, 0.2) is 6.61 Å². The second-order valence-corrected chi connectivity index (χ2v) is 6.69. The molecule has 3 rings (SSSR count). The Bertz CT molecular complexity index is 786. The lowest BCUT2D eigenvalue weighted by molar-refractivity contribution is -0.125. The molecule has 1 amide bonds. The molecule has 0 saturated heterocycles. The van der Waals surface area contributed by atoms with Crippen LogP contribution in [-0.2, 0) is 9.53 Å². The van der Waals surface area contributed by atoms with Crippen molar-refractivity contribution in [3.05, 3.63) is 42.0 Å². The third-order valence-corrected chi connectivity index (χ3v) is 4.91. The minimum Gasteiger partial charge on any atom is -0.506 e. The van der Waals surface area contributed by atoms with Gasteiger partial charge < -0.3 is 15.2 Å². The fourth-order valence-corrected chi connectivity index (χ4v) is 3.41. The summed E-state index contributed by atoms with van der Waals surface area (Å²) in [5.41, 5.74) is 0.0672. The minimum absolute atomic E-state index is 0.0672. The Morgan fingerprint density at radius 3 is 2.72 bits per heavy atom. The number of carbonyl (C=O) groups is 2. The Hall–Kier alpha value is -2.56. The third-order valence-electron chi connectivity index (χ3n) is 4.91. The van der Waals surface area contributed by atoms with Crippen molar-refractivity contribution < 1.29 is 19.4 Å². The van der Waals surface area contributed by atoms with Crippen LogP contribution in [0.1, 0.15) is 43.0 Å². The van der Waals surface area contributed by atoms with Crippen LogP contribution in [0.5, 0.6) is 5.75 Å². The molecule has 132 valence electrons. The number of hydrogen-bond donors (Lipinski definition) is 2. The van der Waals surface area contributed by atoms with E-state index >= 15 is 0 Å². The average molecular weight is 341 g/mol. The summed E-state index contributed by atoms with van der Waals surface area (Å²) in [5, 5.41) is 14.6. The number of nitrogens with one attached hydrogen (secondary N) is 1. The molecule has 0 spiro atoms. The molecular formula is C20H23NO4. The van der Waals surface area contributed by atoms with Crippen molar-refractivity contribution in [3.8, 4) is 5.75 Å². The summed E-state index contributed by atoms with van der Waals surface area (Å²) >= 11 is 0. The van der Waals surface area contributed by atoms with E-state index in [4.69, 9.17) is 4.74 Å². The number of rotatable bonds is 4. The number of phenolic OH excluding ortho intramolecular Hbond substituents is 1. The Kier molecular flexibility index (Phi) is 5.22. The zero-order chi connectivity index (χ0) is 17.8. The second kappa shape index (κ2) is 7.55. The van der Waals surface area contributed by atoms with E-state index < -0.39 is 5.97 Å². The zero-order valence-corrected chi connectivity index (χ0v) is 14.3. The molecule has 2 unspecified atom stereocenters. The fourth-order valence-electron chi connectivity index (χ4n) is 3.41. The summed E-state index contributed by atoms with van der Waals surface area (Å²) in [6.45, 7) is 1.79. The van der Waals surface area contributed by atoms with Gasteiger partial charge >= 0.3 is 5.97 Å². The van der Waals surface area contributed by atoms with E-state index in [2.05, 4.69) is 12.2 Å². The molecular weight excluding hydrogens is 318 g/mol. The van der Waals surface area contributed by atoms with Crippen LogP contribution in [0, 0.1) is 5.92 Å². The number of fused-ring (bicyclic) bond motifs is 1. The molecule has 1 fully saturated rings. The van der Waals surface area contributed by atoms with Gasteiger partial charge in [0.2, 0.25) is 0 Å². The molecule has 2 atom stereocenters. The quantitative estimate of drug-likeness (QED) is 0.836. The number of esters is 1. The predicted molar refractivity (Wildman–Crippen MR) is 95.5 cm³/mol. The molecule has 0 heterocycles. The van der Waals surface area contributed by atoms with Crippen LogP contribution in [0.25, 0.3) is 10.8 Å². The van der Waals surface area contributed by atoms with Crippen LogP contribution in [0.4, 0.5) is 0 Å². The highest BCUT2D eigenvalue weighted by atomic mass is 16.5. The fraction of sp³-hybridized carbons (Fsp3) is 0.400. The third kappa shape index (κ3) is 3.92. The first-order valence-corrected chi connectivity index (χ1v) is 8.73. The van der Waals surface area contributed by atoms with Crippen molar-refractivity contribution in [2.75, 3.05) is 6.61 Å². The smallest absolute Gasteiger partial charge is 0.342 e. The summed E-state index contributed by atoms with van der Waals surface area (Å²) < 4.78 is 5.09. The van der Waals surface area contributed by atoms with Gasteiger partial charge in [0, 0.05) is 11.4 Å². The number of ether oxygens (including phenoxy) is 1. The van der Waals surface area contributed by atoms with Gasteiger partial charge in [0.05, 0.1) is 0 Å².